The Bertz CT molecular complexity index is 865. The average molecular weight is 355 g/mol. The number of fused-ring (bicyclic) bond motifs is 1. The summed E-state index contributed by atoms with van der Waals surface area (Å²) >= 11 is 1.80. The Morgan fingerprint density at radius 2 is 2.20 bits per heavy atom. The summed E-state index contributed by atoms with van der Waals surface area (Å²) in [5, 5.41) is 5.30. The molecule has 0 radical (unpaired) electrons. The number of amides is 1. The highest BCUT2D eigenvalue weighted by Gasteiger charge is 2.24. The number of thiophene rings is 1. The number of carbonyl (C=O) groups excluding carboxylic acids is 1. The zero-order chi connectivity index (χ0) is 17.2. The van der Waals surface area contributed by atoms with Gasteiger partial charge in [0.2, 0.25) is 5.78 Å². The zero-order valence-electron chi connectivity index (χ0n) is 14.2. The Morgan fingerprint density at radius 3 is 2.96 bits per heavy atom. The highest BCUT2D eigenvalue weighted by molar-refractivity contribution is 7.09. The van der Waals surface area contributed by atoms with Crippen LogP contribution in [0.25, 0.3) is 5.78 Å². The third-order valence-corrected chi connectivity index (χ3v) is 5.54. The molecule has 1 aliphatic heterocycles. The van der Waals surface area contributed by atoms with Gasteiger partial charge < -0.3 is 5.32 Å². The first kappa shape index (κ1) is 16.2. The van der Waals surface area contributed by atoms with Crippen molar-refractivity contribution in [3.8, 4) is 0 Å². The predicted molar refractivity (Wildman–Crippen MR) is 97.8 cm³/mol. The minimum atomic E-state index is -0.0605. The van der Waals surface area contributed by atoms with E-state index in [-0.39, 0.29) is 11.9 Å². The molecule has 1 aliphatic rings. The molecule has 130 valence electrons. The maximum absolute atomic E-state index is 12.7. The molecule has 0 atom stereocenters. The number of hydrogen-bond donors (Lipinski definition) is 1. The summed E-state index contributed by atoms with van der Waals surface area (Å²) in [6, 6.07) is 6.31. The van der Waals surface area contributed by atoms with Crippen LogP contribution in [0.15, 0.2) is 36.0 Å². The molecule has 4 heterocycles. The molecule has 4 rings (SSSR count). The molecule has 25 heavy (non-hydrogen) atoms. The van der Waals surface area contributed by atoms with E-state index in [0.717, 1.165) is 32.5 Å². The molecule has 0 aliphatic carbocycles. The van der Waals surface area contributed by atoms with Crippen LogP contribution < -0.4 is 5.32 Å². The molecule has 0 aromatic carbocycles. The second kappa shape index (κ2) is 6.93. The van der Waals surface area contributed by atoms with Gasteiger partial charge in [-0.25, -0.2) is 9.97 Å². The predicted octanol–water partition coefficient (Wildman–Crippen LogP) is 2.49. The molecule has 1 amide bonds. The van der Waals surface area contributed by atoms with Gasteiger partial charge in [0.25, 0.3) is 5.91 Å². The second-order valence-electron chi connectivity index (χ2n) is 6.44. The molecule has 0 bridgehead atoms. The fraction of sp³-hybridized carbons (Fsp3) is 0.389. The van der Waals surface area contributed by atoms with Crippen molar-refractivity contribution >= 4 is 23.0 Å². The molecule has 3 aromatic heterocycles. The van der Waals surface area contributed by atoms with Crippen molar-refractivity contribution in [1.82, 2.24) is 24.6 Å². The zero-order valence-corrected chi connectivity index (χ0v) is 15.0. The molecule has 7 heteroatoms. The van der Waals surface area contributed by atoms with Crippen LogP contribution in [0.2, 0.25) is 0 Å². The van der Waals surface area contributed by atoms with Crippen molar-refractivity contribution in [2.75, 3.05) is 13.1 Å². The molecule has 3 aromatic rings. The number of carbonyl (C=O) groups is 1. The minimum absolute atomic E-state index is 0.0605. The lowest BCUT2D eigenvalue weighted by Crippen LogP contribution is -2.44. The smallest absolute Gasteiger partial charge is 0.270 e. The summed E-state index contributed by atoms with van der Waals surface area (Å²) < 4.78 is 1.76. The Morgan fingerprint density at radius 1 is 1.36 bits per heavy atom. The SMILES string of the molecule is Cc1nc2ncccn2c1C(=O)NC1CCN(Cc2cccs2)CC1. The lowest BCUT2D eigenvalue weighted by Gasteiger charge is -2.32. The van der Waals surface area contributed by atoms with Gasteiger partial charge in [0.15, 0.2) is 0 Å². The van der Waals surface area contributed by atoms with Gasteiger partial charge in [0, 0.05) is 42.9 Å². The van der Waals surface area contributed by atoms with E-state index in [1.165, 1.54) is 4.88 Å². The second-order valence-corrected chi connectivity index (χ2v) is 7.47. The summed E-state index contributed by atoms with van der Waals surface area (Å²) in [7, 11) is 0. The highest BCUT2D eigenvalue weighted by atomic mass is 32.1. The molecule has 1 N–H and O–H groups in total. The number of nitrogens with one attached hydrogen (secondary N) is 1. The summed E-state index contributed by atoms with van der Waals surface area (Å²) in [5.41, 5.74) is 1.30. The standard InChI is InChI=1S/C18H21N5OS/c1-13-16(23-8-3-7-19-18(23)20-13)17(24)21-14-5-9-22(10-6-14)12-15-4-2-11-25-15/h2-4,7-8,11,14H,5-6,9-10,12H2,1H3,(H,21,24). The van der Waals surface area contributed by atoms with Gasteiger partial charge in [0.05, 0.1) is 5.69 Å². The van der Waals surface area contributed by atoms with Crippen LogP contribution in [0, 0.1) is 6.92 Å². The van der Waals surface area contributed by atoms with E-state index in [1.807, 2.05) is 19.2 Å². The average Bonchev–Trinajstić information content (AvgIpc) is 3.23. The van der Waals surface area contributed by atoms with Gasteiger partial charge in [0.1, 0.15) is 5.69 Å². The van der Waals surface area contributed by atoms with Crippen molar-refractivity contribution in [2.45, 2.75) is 32.4 Å². The van der Waals surface area contributed by atoms with Gasteiger partial charge in [-0.1, -0.05) is 6.07 Å². The Balaban J connectivity index is 1.38. The number of hydrogen-bond acceptors (Lipinski definition) is 5. The van der Waals surface area contributed by atoms with Crippen LogP contribution >= 0.6 is 11.3 Å². The molecule has 0 saturated carbocycles. The number of nitrogens with zero attached hydrogens (tertiary/aromatic N) is 4. The largest absolute Gasteiger partial charge is 0.348 e. The van der Waals surface area contributed by atoms with Gasteiger partial charge in [-0.15, -0.1) is 11.3 Å². The molecular weight excluding hydrogens is 334 g/mol. The van der Waals surface area contributed by atoms with Crippen LogP contribution in [-0.4, -0.2) is 44.3 Å². The van der Waals surface area contributed by atoms with E-state index in [9.17, 15) is 4.79 Å². The summed E-state index contributed by atoms with van der Waals surface area (Å²) in [4.78, 5) is 25.2. The van der Waals surface area contributed by atoms with E-state index < -0.39 is 0 Å². The summed E-state index contributed by atoms with van der Waals surface area (Å²) in [6.45, 7) is 4.89. The maximum Gasteiger partial charge on any atom is 0.270 e. The third-order valence-electron chi connectivity index (χ3n) is 4.68. The number of rotatable bonds is 4. The number of aryl methyl sites for hydroxylation is 1. The topological polar surface area (TPSA) is 62.5 Å². The molecule has 1 saturated heterocycles. The fourth-order valence-electron chi connectivity index (χ4n) is 3.38. The third kappa shape index (κ3) is 3.43. The van der Waals surface area contributed by atoms with E-state index in [4.69, 9.17) is 0 Å². The Labute approximate surface area is 150 Å². The molecule has 0 spiro atoms. The first-order valence-corrected chi connectivity index (χ1v) is 9.44. The molecule has 6 nitrogen and oxygen atoms in total. The summed E-state index contributed by atoms with van der Waals surface area (Å²) in [6.07, 6.45) is 5.48. The van der Waals surface area contributed by atoms with Gasteiger partial charge in [-0.2, -0.15) is 0 Å². The quantitative estimate of drug-likeness (QED) is 0.781. The van der Waals surface area contributed by atoms with Gasteiger partial charge in [-0.05, 0) is 37.3 Å². The van der Waals surface area contributed by atoms with E-state index in [0.29, 0.717) is 17.2 Å². The lowest BCUT2D eigenvalue weighted by atomic mass is 10.0. The van der Waals surface area contributed by atoms with E-state index >= 15 is 0 Å². The number of imidazole rings is 1. The molecular formula is C18H21N5OS. The van der Waals surface area contributed by atoms with Crippen LogP contribution in [0.4, 0.5) is 0 Å². The van der Waals surface area contributed by atoms with Crippen molar-refractivity contribution in [2.24, 2.45) is 0 Å². The van der Waals surface area contributed by atoms with Crippen molar-refractivity contribution < 1.29 is 4.79 Å². The normalized spacial score (nSPS) is 16.4. The van der Waals surface area contributed by atoms with Crippen LogP contribution in [0.5, 0.6) is 0 Å². The fourth-order valence-corrected chi connectivity index (χ4v) is 4.13. The lowest BCUT2D eigenvalue weighted by molar-refractivity contribution is 0.0902. The van der Waals surface area contributed by atoms with Crippen LogP contribution in [-0.2, 0) is 6.54 Å². The van der Waals surface area contributed by atoms with Gasteiger partial charge in [-0.3, -0.25) is 14.1 Å². The van der Waals surface area contributed by atoms with Crippen molar-refractivity contribution in [3.63, 3.8) is 0 Å². The van der Waals surface area contributed by atoms with Crippen molar-refractivity contribution in [3.05, 3.63) is 52.2 Å². The van der Waals surface area contributed by atoms with E-state index in [1.54, 1.807) is 21.9 Å². The molecule has 1 fully saturated rings. The number of likely N-dealkylation sites (tertiary alicyclic amines) is 1. The van der Waals surface area contributed by atoms with Crippen molar-refractivity contribution in [1.29, 1.82) is 0 Å². The molecule has 0 unspecified atom stereocenters. The first-order chi connectivity index (χ1) is 12.2. The highest BCUT2D eigenvalue weighted by Crippen LogP contribution is 2.18. The van der Waals surface area contributed by atoms with Gasteiger partial charge >= 0.3 is 0 Å². The number of piperidine rings is 1. The number of aromatic nitrogens is 3. The first-order valence-electron chi connectivity index (χ1n) is 8.56. The van der Waals surface area contributed by atoms with Crippen LogP contribution in [0.3, 0.4) is 0 Å². The monoisotopic (exact) mass is 355 g/mol. The van der Waals surface area contributed by atoms with E-state index in [2.05, 4.69) is 37.7 Å². The van der Waals surface area contributed by atoms with Crippen LogP contribution in [0.1, 0.15) is 33.9 Å². The Hall–Kier alpha value is -2.25. The maximum atomic E-state index is 12.7. The minimum Gasteiger partial charge on any atom is -0.348 e. The summed E-state index contributed by atoms with van der Waals surface area (Å²) in [5.74, 6) is 0.505. The Kier molecular flexibility index (Phi) is 4.50.